The molecule has 1 unspecified atom stereocenters. The largest absolute Gasteiger partial charge is 0.387 e. The molecule has 18 heavy (non-hydrogen) atoms. The molecule has 1 fully saturated rings. The van der Waals surface area contributed by atoms with Gasteiger partial charge in [0.15, 0.2) is 5.82 Å². The monoisotopic (exact) mass is 260 g/mol. The van der Waals surface area contributed by atoms with E-state index < -0.39 is 12.5 Å². The molecule has 1 atom stereocenters. The van der Waals surface area contributed by atoms with Gasteiger partial charge in [-0.2, -0.15) is 4.98 Å². The minimum atomic E-state index is -2.78. The van der Waals surface area contributed by atoms with E-state index in [4.69, 9.17) is 9.63 Å². The molecule has 1 aliphatic carbocycles. The molecule has 2 rings (SSSR count). The second kappa shape index (κ2) is 5.73. The van der Waals surface area contributed by atoms with Crippen LogP contribution >= 0.6 is 0 Å². The Kier molecular flexibility index (Phi) is 4.27. The molecule has 1 aromatic heterocycles. The van der Waals surface area contributed by atoms with E-state index in [-0.39, 0.29) is 18.2 Å². The van der Waals surface area contributed by atoms with Crippen LogP contribution in [0.15, 0.2) is 4.52 Å². The quantitative estimate of drug-likeness (QED) is 0.903. The van der Waals surface area contributed by atoms with Crippen molar-refractivity contribution in [3.8, 4) is 0 Å². The smallest absolute Gasteiger partial charge is 0.264 e. The number of halogens is 2. The lowest BCUT2D eigenvalue weighted by Gasteiger charge is -2.23. The maximum Gasteiger partial charge on any atom is 0.264 e. The van der Waals surface area contributed by atoms with Gasteiger partial charge in [0.25, 0.3) is 6.43 Å². The molecule has 6 heteroatoms. The highest BCUT2D eigenvalue weighted by Gasteiger charge is 2.25. The molecule has 1 aliphatic rings. The molecule has 0 radical (unpaired) electrons. The SMILES string of the molecule is CC1CCC(c2noc(CC(O)C(F)F)n2)CC1. The third kappa shape index (κ3) is 3.25. The fourth-order valence-electron chi connectivity index (χ4n) is 2.30. The van der Waals surface area contributed by atoms with Crippen LogP contribution in [0.2, 0.25) is 0 Å². The molecule has 0 bridgehead atoms. The third-order valence-electron chi connectivity index (χ3n) is 3.54. The summed E-state index contributed by atoms with van der Waals surface area (Å²) in [6, 6.07) is 0. The van der Waals surface area contributed by atoms with Crippen molar-refractivity contribution in [1.82, 2.24) is 10.1 Å². The Hall–Kier alpha value is -1.04. The van der Waals surface area contributed by atoms with Gasteiger partial charge >= 0.3 is 0 Å². The van der Waals surface area contributed by atoms with Gasteiger partial charge in [0.2, 0.25) is 5.89 Å². The predicted molar refractivity (Wildman–Crippen MR) is 60.4 cm³/mol. The molecule has 0 saturated heterocycles. The van der Waals surface area contributed by atoms with E-state index in [1.165, 1.54) is 0 Å². The van der Waals surface area contributed by atoms with Gasteiger partial charge in [-0.1, -0.05) is 24.9 Å². The minimum Gasteiger partial charge on any atom is -0.387 e. The molecular weight excluding hydrogens is 242 g/mol. The van der Waals surface area contributed by atoms with Crippen LogP contribution in [0.4, 0.5) is 8.78 Å². The number of aromatic nitrogens is 2. The van der Waals surface area contributed by atoms with Crippen LogP contribution in [-0.4, -0.2) is 27.8 Å². The first-order valence-corrected chi connectivity index (χ1v) is 6.35. The summed E-state index contributed by atoms with van der Waals surface area (Å²) in [4.78, 5) is 4.11. The van der Waals surface area contributed by atoms with Gasteiger partial charge in [-0.15, -0.1) is 0 Å². The number of nitrogens with zero attached hydrogens (tertiary/aromatic N) is 2. The predicted octanol–water partition coefficient (Wildman–Crippen LogP) is 2.53. The molecule has 0 aliphatic heterocycles. The molecule has 1 aromatic rings. The van der Waals surface area contributed by atoms with E-state index in [0.717, 1.165) is 31.6 Å². The van der Waals surface area contributed by atoms with E-state index in [2.05, 4.69) is 17.1 Å². The highest BCUT2D eigenvalue weighted by molar-refractivity contribution is 4.98. The lowest BCUT2D eigenvalue weighted by atomic mass is 9.83. The Bertz CT molecular complexity index is 376. The van der Waals surface area contributed by atoms with Crippen molar-refractivity contribution in [1.29, 1.82) is 0 Å². The Labute approximate surface area is 104 Å². The lowest BCUT2D eigenvalue weighted by molar-refractivity contribution is -0.00754. The van der Waals surface area contributed by atoms with Crippen LogP contribution in [0.1, 0.15) is 50.2 Å². The summed E-state index contributed by atoms with van der Waals surface area (Å²) in [5, 5.41) is 12.9. The van der Waals surface area contributed by atoms with Gasteiger partial charge in [0, 0.05) is 5.92 Å². The molecule has 0 amide bonds. The van der Waals surface area contributed by atoms with E-state index in [9.17, 15) is 8.78 Å². The van der Waals surface area contributed by atoms with E-state index >= 15 is 0 Å². The van der Waals surface area contributed by atoms with Gasteiger partial charge in [0.05, 0.1) is 6.42 Å². The average molecular weight is 260 g/mol. The zero-order valence-corrected chi connectivity index (χ0v) is 10.4. The highest BCUT2D eigenvalue weighted by atomic mass is 19.3. The van der Waals surface area contributed by atoms with Crippen molar-refractivity contribution in [3.63, 3.8) is 0 Å². The Balaban J connectivity index is 1.93. The zero-order valence-electron chi connectivity index (χ0n) is 10.4. The summed E-state index contributed by atoms with van der Waals surface area (Å²) in [5.74, 6) is 1.69. The van der Waals surface area contributed by atoms with Crippen molar-refractivity contribution in [2.45, 2.75) is 57.5 Å². The first-order chi connectivity index (χ1) is 8.56. The van der Waals surface area contributed by atoms with Crippen LogP contribution in [0.5, 0.6) is 0 Å². The number of hydrogen-bond donors (Lipinski definition) is 1. The Morgan fingerprint density at radius 1 is 1.33 bits per heavy atom. The summed E-state index contributed by atoms with van der Waals surface area (Å²) in [6.07, 6.45) is -0.508. The van der Waals surface area contributed by atoms with Crippen molar-refractivity contribution in [2.75, 3.05) is 0 Å². The van der Waals surface area contributed by atoms with Crippen LogP contribution in [-0.2, 0) is 6.42 Å². The second-order valence-electron chi connectivity index (χ2n) is 5.11. The van der Waals surface area contributed by atoms with Crippen molar-refractivity contribution in [2.24, 2.45) is 5.92 Å². The summed E-state index contributed by atoms with van der Waals surface area (Å²) in [7, 11) is 0. The first kappa shape index (κ1) is 13.4. The molecule has 0 spiro atoms. The number of alkyl halides is 2. The maximum atomic E-state index is 12.2. The van der Waals surface area contributed by atoms with Crippen LogP contribution in [0, 0.1) is 5.92 Å². The summed E-state index contributed by atoms with van der Waals surface area (Å²) < 4.78 is 29.3. The summed E-state index contributed by atoms with van der Waals surface area (Å²) in [5.41, 5.74) is 0. The second-order valence-corrected chi connectivity index (χ2v) is 5.11. The number of aliphatic hydroxyl groups is 1. The van der Waals surface area contributed by atoms with Gasteiger partial charge < -0.3 is 9.63 Å². The number of hydrogen-bond acceptors (Lipinski definition) is 4. The summed E-state index contributed by atoms with van der Waals surface area (Å²) in [6.45, 7) is 2.22. The normalized spacial score (nSPS) is 26.5. The summed E-state index contributed by atoms with van der Waals surface area (Å²) >= 11 is 0. The van der Waals surface area contributed by atoms with Crippen LogP contribution in [0.3, 0.4) is 0 Å². The Morgan fingerprint density at radius 3 is 2.61 bits per heavy atom. The third-order valence-corrected chi connectivity index (χ3v) is 3.54. The molecule has 4 nitrogen and oxygen atoms in total. The fraction of sp³-hybridized carbons (Fsp3) is 0.833. The number of rotatable bonds is 4. The number of aliphatic hydroxyl groups excluding tert-OH is 1. The van der Waals surface area contributed by atoms with Crippen molar-refractivity contribution >= 4 is 0 Å². The molecule has 102 valence electrons. The molecule has 1 heterocycles. The Morgan fingerprint density at radius 2 is 2.00 bits per heavy atom. The van der Waals surface area contributed by atoms with E-state index in [1.54, 1.807) is 0 Å². The lowest BCUT2D eigenvalue weighted by Crippen LogP contribution is -2.20. The zero-order chi connectivity index (χ0) is 13.1. The van der Waals surface area contributed by atoms with Crippen LogP contribution in [0.25, 0.3) is 0 Å². The van der Waals surface area contributed by atoms with Crippen molar-refractivity contribution in [3.05, 3.63) is 11.7 Å². The fourth-order valence-corrected chi connectivity index (χ4v) is 2.30. The van der Waals surface area contributed by atoms with Gasteiger partial charge in [-0.05, 0) is 18.8 Å². The molecule has 0 aromatic carbocycles. The average Bonchev–Trinajstić information content (AvgIpc) is 2.78. The van der Waals surface area contributed by atoms with E-state index in [1.807, 2.05) is 0 Å². The highest BCUT2D eigenvalue weighted by Crippen LogP contribution is 2.34. The van der Waals surface area contributed by atoms with Gasteiger partial charge in [-0.25, -0.2) is 8.78 Å². The topological polar surface area (TPSA) is 59.2 Å². The maximum absolute atomic E-state index is 12.2. The first-order valence-electron chi connectivity index (χ1n) is 6.35. The van der Waals surface area contributed by atoms with Gasteiger partial charge in [0.1, 0.15) is 6.10 Å². The van der Waals surface area contributed by atoms with Crippen LogP contribution < -0.4 is 0 Å². The van der Waals surface area contributed by atoms with Crippen molar-refractivity contribution < 1.29 is 18.4 Å². The van der Waals surface area contributed by atoms with E-state index in [0.29, 0.717) is 5.82 Å². The molecule has 1 saturated carbocycles. The minimum absolute atomic E-state index is 0.0939. The molecule has 1 N–H and O–H groups in total. The van der Waals surface area contributed by atoms with Gasteiger partial charge in [-0.3, -0.25) is 0 Å². The molecular formula is C12H18F2N2O2. The standard InChI is InChI=1S/C12H18F2N2O2/c1-7-2-4-8(5-3-7)12-15-10(18-16-12)6-9(17)11(13)14/h7-9,11,17H,2-6H2,1H3.